The zero-order valence-corrected chi connectivity index (χ0v) is 14.6. The molecule has 0 atom stereocenters. The minimum Gasteiger partial charge on any atom is -0.493 e. The Balaban J connectivity index is 1.87. The van der Waals surface area contributed by atoms with Crippen LogP contribution in [0.1, 0.15) is 10.4 Å². The molecule has 0 bridgehead atoms. The third-order valence-electron chi connectivity index (χ3n) is 3.74. The topological polar surface area (TPSA) is 52.5 Å². The molecular formula is C19H17ClN2O3. The van der Waals surface area contributed by atoms with E-state index in [0.717, 1.165) is 5.69 Å². The van der Waals surface area contributed by atoms with Gasteiger partial charge in [-0.15, -0.1) is 0 Å². The van der Waals surface area contributed by atoms with Gasteiger partial charge < -0.3 is 19.4 Å². The predicted octanol–water partition coefficient (Wildman–Crippen LogP) is 4.40. The van der Waals surface area contributed by atoms with Gasteiger partial charge in [-0.05, 0) is 42.5 Å². The van der Waals surface area contributed by atoms with Crippen molar-refractivity contribution in [2.24, 2.45) is 0 Å². The Labute approximate surface area is 150 Å². The van der Waals surface area contributed by atoms with Crippen molar-refractivity contribution in [3.8, 4) is 17.2 Å². The molecule has 1 N–H and O–H groups in total. The number of rotatable bonds is 5. The van der Waals surface area contributed by atoms with E-state index in [4.69, 9.17) is 21.1 Å². The lowest BCUT2D eigenvalue weighted by Crippen LogP contribution is -2.13. The number of nitrogens with zero attached hydrogens (tertiary/aromatic N) is 1. The number of aromatic nitrogens is 1. The SMILES string of the molecule is COc1ccc(NC(=O)c2cc(-n3cccc3)ccc2Cl)cc1OC. The number of carbonyl (C=O) groups is 1. The van der Waals surface area contributed by atoms with E-state index in [2.05, 4.69) is 5.32 Å². The molecule has 0 unspecified atom stereocenters. The maximum absolute atomic E-state index is 12.6. The van der Waals surface area contributed by atoms with Crippen LogP contribution in [0.4, 0.5) is 5.69 Å². The van der Waals surface area contributed by atoms with Crippen molar-refractivity contribution in [2.75, 3.05) is 19.5 Å². The Bertz CT molecular complexity index is 892. The summed E-state index contributed by atoms with van der Waals surface area (Å²) in [6, 6.07) is 14.3. The largest absolute Gasteiger partial charge is 0.493 e. The first-order chi connectivity index (χ1) is 12.1. The van der Waals surface area contributed by atoms with E-state index in [-0.39, 0.29) is 5.91 Å². The number of ether oxygens (including phenoxy) is 2. The Kier molecular flexibility index (Phi) is 4.95. The standard InChI is InChI=1S/C19H17ClN2O3/c1-24-17-8-5-13(11-18(17)25-2)21-19(23)15-12-14(6-7-16(15)20)22-9-3-4-10-22/h3-12H,1-2H3,(H,21,23). The van der Waals surface area contributed by atoms with Crippen molar-refractivity contribution in [2.45, 2.75) is 0 Å². The third-order valence-corrected chi connectivity index (χ3v) is 4.07. The summed E-state index contributed by atoms with van der Waals surface area (Å²) in [5, 5.41) is 3.21. The summed E-state index contributed by atoms with van der Waals surface area (Å²) in [4.78, 5) is 12.6. The van der Waals surface area contributed by atoms with Gasteiger partial charge in [-0.2, -0.15) is 0 Å². The molecule has 0 aliphatic carbocycles. The molecule has 3 rings (SSSR count). The lowest BCUT2D eigenvalue weighted by molar-refractivity contribution is 0.102. The second kappa shape index (κ2) is 7.32. The predicted molar refractivity (Wildman–Crippen MR) is 98.3 cm³/mol. The molecule has 6 heteroatoms. The van der Waals surface area contributed by atoms with Gasteiger partial charge in [0.2, 0.25) is 0 Å². The van der Waals surface area contributed by atoms with E-state index in [1.807, 2.05) is 35.2 Å². The van der Waals surface area contributed by atoms with Crippen LogP contribution < -0.4 is 14.8 Å². The number of anilines is 1. The van der Waals surface area contributed by atoms with Gasteiger partial charge in [-0.3, -0.25) is 4.79 Å². The molecule has 128 valence electrons. The van der Waals surface area contributed by atoms with Crippen LogP contribution in [0, 0.1) is 0 Å². The van der Waals surface area contributed by atoms with Crippen molar-refractivity contribution in [3.63, 3.8) is 0 Å². The average molecular weight is 357 g/mol. The van der Waals surface area contributed by atoms with Crippen molar-refractivity contribution >= 4 is 23.2 Å². The highest BCUT2D eigenvalue weighted by atomic mass is 35.5. The quantitative estimate of drug-likeness (QED) is 0.737. The van der Waals surface area contributed by atoms with Crippen molar-refractivity contribution < 1.29 is 14.3 Å². The molecule has 5 nitrogen and oxygen atoms in total. The summed E-state index contributed by atoms with van der Waals surface area (Å²) in [6.45, 7) is 0. The second-order valence-electron chi connectivity index (χ2n) is 5.28. The fourth-order valence-electron chi connectivity index (χ4n) is 2.47. The number of methoxy groups -OCH3 is 2. The van der Waals surface area contributed by atoms with Crippen molar-refractivity contribution in [1.82, 2.24) is 4.57 Å². The van der Waals surface area contributed by atoms with Crippen molar-refractivity contribution in [3.05, 3.63) is 71.5 Å². The zero-order chi connectivity index (χ0) is 17.8. The van der Waals surface area contributed by atoms with Gasteiger partial charge >= 0.3 is 0 Å². The molecule has 0 fully saturated rings. The zero-order valence-electron chi connectivity index (χ0n) is 13.8. The van der Waals surface area contributed by atoms with Gasteiger partial charge in [0.05, 0.1) is 24.8 Å². The van der Waals surface area contributed by atoms with Gasteiger partial charge in [-0.25, -0.2) is 0 Å². The molecular weight excluding hydrogens is 340 g/mol. The van der Waals surface area contributed by atoms with E-state index >= 15 is 0 Å². The number of hydrogen-bond acceptors (Lipinski definition) is 3. The van der Waals surface area contributed by atoms with Crippen LogP contribution in [-0.4, -0.2) is 24.7 Å². The Morgan fingerprint density at radius 2 is 1.72 bits per heavy atom. The summed E-state index contributed by atoms with van der Waals surface area (Å²) in [6.07, 6.45) is 3.80. The van der Waals surface area contributed by atoms with E-state index in [1.54, 1.807) is 44.6 Å². The van der Waals surface area contributed by atoms with Gasteiger partial charge in [0.15, 0.2) is 11.5 Å². The van der Waals surface area contributed by atoms with Crippen LogP contribution in [0.2, 0.25) is 5.02 Å². The Morgan fingerprint density at radius 3 is 2.40 bits per heavy atom. The minimum absolute atomic E-state index is 0.300. The van der Waals surface area contributed by atoms with Crippen molar-refractivity contribution in [1.29, 1.82) is 0 Å². The molecule has 2 aromatic carbocycles. The normalized spacial score (nSPS) is 10.4. The number of amides is 1. The van der Waals surface area contributed by atoms with Crippen LogP contribution >= 0.6 is 11.6 Å². The van der Waals surface area contributed by atoms with Crippen LogP contribution in [0.25, 0.3) is 5.69 Å². The monoisotopic (exact) mass is 356 g/mol. The van der Waals surface area contributed by atoms with Crippen LogP contribution in [-0.2, 0) is 0 Å². The number of nitrogens with one attached hydrogen (secondary N) is 1. The minimum atomic E-state index is -0.300. The molecule has 0 saturated heterocycles. The summed E-state index contributed by atoms with van der Waals surface area (Å²) >= 11 is 6.21. The average Bonchev–Trinajstić information content (AvgIpc) is 3.16. The maximum atomic E-state index is 12.6. The molecule has 1 aromatic heterocycles. The molecule has 0 radical (unpaired) electrons. The molecule has 3 aromatic rings. The summed E-state index contributed by atoms with van der Waals surface area (Å²) in [5.41, 5.74) is 1.83. The smallest absolute Gasteiger partial charge is 0.257 e. The Morgan fingerprint density at radius 1 is 1.00 bits per heavy atom. The molecule has 1 amide bonds. The Hall–Kier alpha value is -2.92. The van der Waals surface area contributed by atoms with Gasteiger partial charge in [0, 0.05) is 29.8 Å². The van der Waals surface area contributed by atoms with E-state index in [0.29, 0.717) is 27.8 Å². The summed E-state index contributed by atoms with van der Waals surface area (Å²) in [5.74, 6) is 0.826. The first-order valence-electron chi connectivity index (χ1n) is 7.58. The highest BCUT2D eigenvalue weighted by Gasteiger charge is 2.13. The third kappa shape index (κ3) is 3.61. The lowest BCUT2D eigenvalue weighted by Gasteiger charge is -2.12. The van der Waals surface area contributed by atoms with Crippen LogP contribution in [0.3, 0.4) is 0 Å². The molecule has 0 saturated carbocycles. The maximum Gasteiger partial charge on any atom is 0.257 e. The summed E-state index contributed by atoms with van der Waals surface area (Å²) < 4.78 is 12.4. The fourth-order valence-corrected chi connectivity index (χ4v) is 2.67. The highest BCUT2D eigenvalue weighted by Crippen LogP contribution is 2.30. The lowest BCUT2D eigenvalue weighted by atomic mass is 10.1. The van der Waals surface area contributed by atoms with E-state index in [9.17, 15) is 4.79 Å². The second-order valence-corrected chi connectivity index (χ2v) is 5.69. The number of hydrogen-bond donors (Lipinski definition) is 1. The van der Waals surface area contributed by atoms with Crippen LogP contribution in [0.5, 0.6) is 11.5 Å². The molecule has 25 heavy (non-hydrogen) atoms. The first-order valence-corrected chi connectivity index (χ1v) is 7.96. The van der Waals surface area contributed by atoms with Gasteiger partial charge in [-0.1, -0.05) is 11.6 Å². The van der Waals surface area contributed by atoms with E-state index in [1.165, 1.54) is 0 Å². The highest BCUT2D eigenvalue weighted by molar-refractivity contribution is 6.34. The molecule has 0 aliphatic heterocycles. The van der Waals surface area contributed by atoms with E-state index < -0.39 is 0 Å². The van der Waals surface area contributed by atoms with Gasteiger partial charge in [0.1, 0.15) is 0 Å². The number of benzene rings is 2. The molecule has 0 spiro atoms. The summed E-state index contributed by atoms with van der Waals surface area (Å²) in [7, 11) is 3.10. The van der Waals surface area contributed by atoms with Gasteiger partial charge in [0.25, 0.3) is 5.91 Å². The number of carbonyl (C=O) groups excluding carboxylic acids is 1. The fraction of sp³-hybridized carbons (Fsp3) is 0.105. The number of halogens is 1. The molecule has 0 aliphatic rings. The molecule has 1 heterocycles. The van der Waals surface area contributed by atoms with Crippen LogP contribution in [0.15, 0.2) is 60.9 Å². The first kappa shape index (κ1) is 16.9.